The molecule has 4 rings (SSSR count). The zero-order valence-corrected chi connectivity index (χ0v) is 24.5. The van der Waals surface area contributed by atoms with Crippen LogP contribution in [0.1, 0.15) is 66.4 Å². The predicted molar refractivity (Wildman–Crippen MR) is 160 cm³/mol. The number of fused-ring (bicyclic) bond motifs is 1. The van der Waals surface area contributed by atoms with Crippen LogP contribution < -0.4 is 4.90 Å². The van der Waals surface area contributed by atoms with Crippen molar-refractivity contribution in [1.82, 2.24) is 0 Å². The van der Waals surface area contributed by atoms with Crippen molar-refractivity contribution in [2.45, 2.75) is 66.4 Å². The largest absolute Gasteiger partial charge is 0.480 e. The molecule has 0 amide bonds. The molecule has 0 saturated carbocycles. The summed E-state index contributed by atoms with van der Waals surface area (Å²) in [6.45, 7) is 14.8. The number of nitriles is 3. The first-order valence-electron chi connectivity index (χ1n) is 14.1. The van der Waals surface area contributed by atoms with Crippen molar-refractivity contribution in [1.29, 1.82) is 15.8 Å². The minimum Gasteiger partial charge on any atom is -0.480 e. The molecule has 0 N–H and O–H groups in total. The molecule has 1 aliphatic heterocycles. The summed E-state index contributed by atoms with van der Waals surface area (Å²) in [6, 6.07) is 14.7. The summed E-state index contributed by atoms with van der Waals surface area (Å²) in [7, 11) is 0. The molecule has 1 heterocycles. The lowest BCUT2D eigenvalue weighted by Crippen LogP contribution is -2.31. The molecule has 1 atom stereocenters. The van der Waals surface area contributed by atoms with Gasteiger partial charge in [0, 0.05) is 24.4 Å². The topological polar surface area (TPSA) is 83.8 Å². The Labute approximate surface area is 239 Å². The van der Waals surface area contributed by atoms with Crippen LogP contribution in [0.5, 0.6) is 0 Å². The maximum Gasteiger partial charge on any atom is 0.172 e. The highest BCUT2D eigenvalue weighted by molar-refractivity contribution is 5.62. The third-order valence-electron chi connectivity index (χ3n) is 8.34. The fourth-order valence-corrected chi connectivity index (χ4v) is 6.20. The first-order valence-corrected chi connectivity index (χ1v) is 14.1. The summed E-state index contributed by atoms with van der Waals surface area (Å²) in [5.41, 5.74) is 6.33. The number of ether oxygens (including phenoxy) is 1. The fourth-order valence-electron chi connectivity index (χ4n) is 6.20. The van der Waals surface area contributed by atoms with Gasteiger partial charge in [-0.3, -0.25) is 0 Å². The number of anilines is 1. The number of rotatable bonds is 6. The molecule has 0 spiro atoms. The molecule has 1 aromatic rings. The summed E-state index contributed by atoms with van der Waals surface area (Å²) < 4.78 is 5.96. The number of benzene rings is 1. The Morgan fingerprint density at radius 2 is 1.68 bits per heavy atom. The first kappa shape index (κ1) is 28.7. The van der Waals surface area contributed by atoms with E-state index in [9.17, 15) is 15.8 Å². The van der Waals surface area contributed by atoms with E-state index in [-0.39, 0.29) is 22.3 Å². The SMILES string of the molecule is CCN(CC)c1ccc(/C=C/C2=CC3=C/C(=C/C4=C(C#N)C(=C(C#N)C#N)OC4(C)C)CCC3C(C)(C)C2)cc1. The zero-order chi connectivity index (χ0) is 29.1. The standard InChI is InChI=1S/C35H38N4O/c1-7-39(8-2)29-14-11-24(12-15-29)9-10-26-18-27-17-25(13-16-31(27)34(3,4)20-26)19-32-30(23-38)33(28(21-36)22-37)40-35(32,5)6/h9-12,14-15,17-19,31H,7-8,13,16,20H2,1-6H3/b10-9+,25-19+. The Bertz CT molecular complexity index is 1470. The Balaban J connectivity index is 1.67. The maximum absolute atomic E-state index is 9.91. The summed E-state index contributed by atoms with van der Waals surface area (Å²) in [5.74, 6) is 0.550. The van der Waals surface area contributed by atoms with Gasteiger partial charge in [0.2, 0.25) is 0 Å². The number of allylic oxidation sites excluding steroid dienone is 8. The minimum atomic E-state index is -0.807. The molecule has 0 fully saturated rings. The third-order valence-corrected chi connectivity index (χ3v) is 8.34. The van der Waals surface area contributed by atoms with Gasteiger partial charge >= 0.3 is 0 Å². The number of hydrogen-bond donors (Lipinski definition) is 0. The summed E-state index contributed by atoms with van der Waals surface area (Å²) in [5, 5.41) is 28.7. The van der Waals surface area contributed by atoms with Crippen molar-refractivity contribution in [3.05, 3.63) is 93.3 Å². The second-order valence-electron chi connectivity index (χ2n) is 11.9. The molecular formula is C35H38N4O. The normalized spacial score (nSPS) is 22.0. The highest BCUT2D eigenvalue weighted by atomic mass is 16.5. The maximum atomic E-state index is 9.91. The average molecular weight is 531 g/mol. The van der Waals surface area contributed by atoms with Crippen molar-refractivity contribution >= 4 is 11.8 Å². The smallest absolute Gasteiger partial charge is 0.172 e. The van der Waals surface area contributed by atoms with E-state index in [1.54, 1.807) is 0 Å². The molecule has 204 valence electrons. The van der Waals surface area contributed by atoms with Gasteiger partial charge in [0.15, 0.2) is 11.3 Å². The number of nitrogens with zero attached hydrogens (tertiary/aromatic N) is 4. The van der Waals surface area contributed by atoms with Crippen LogP contribution in [0.15, 0.2) is 87.8 Å². The van der Waals surface area contributed by atoms with Crippen LogP contribution in [0.4, 0.5) is 5.69 Å². The van der Waals surface area contributed by atoms with Gasteiger partial charge < -0.3 is 9.64 Å². The summed E-state index contributed by atoms with van der Waals surface area (Å²) in [6.07, 6.45) is 14.0. The zero-order valence-electron chi connectivity index (χ0n) is 24.5. The lowest BCUT2D eigenvalue weighted by Gasteiger charge is -2.42. The van der Waals surface area contributed by atoms with Gasteiger partial charge in [-0.1, -0.05) is 56.4 Å². The molecule has 40 heavy (non-hydrogen) atoms. The molecule has 3 aliphatic rings. The lowest BCUT2D eigenvalue weighted by atomic mass is 9.63. The van der Waals surface area contributed by atoms with Crippen LogP contribution in [0, 0.1) is 45.3 Å². The van der Waals surface area contributed by atoms with Crippen molar-refractivity contribution < 1.29 is 4.74 Å². The van der Waals surface area contributed by atoms with Crippen molar-refractivity contribution in [3.8, 4) is 18.2 Å². The van der Waals surface area contributed by atoms with Gasteiger partial charge in [0.1, 0.15) is 29.4 Å². The Morgan fingerprint density at radius 3 is 2.27 bits per heavy atom. The Hall–Kier alpha value is -4.27. The predicted octanol–water partition coefficient (Wildman–Crippen LogP) is 8.10. The van der Waals surface area contributed by atoms with Gasteiger partial charge in [0.05, 0.1) is 0 Å². The highest BCUT2D eigenvalue weighted by Crippen LogP contribution is 2.49. The molecule has 0 aromatic heterocycles. The van der Waals surface area contributed by atoms with Crippen molar-refractivity contribution in [3.63, 3.8) is 0 Å². The van der Waals surface area contributed by atoms with E-state index in [1.165, 1.54) is 22.4 Å². The molecule has 1 unspecified atom stereocenters. The summed E-state index contributed by atoms with van der Waals surface area (Å²) >= 11 is 0. The van der Waals surface area contributed by atoms with E-state index in [4.69, 9.17) is 4.74 Å². The first-order chi connectivity index (χ1) is 19.1. The lowest BCUT2D eigenvalue weighted by molar-refractivity contribution is 0.0953. The van der Waals surface area contributed by atoms with Gasteiger partial charge in [0.25, 0.3) is 0 Å². The fraction of sp³-hybridized carbons (Fsp3) is 0.400. The molecule has 2 aliphatic carbocycles. The molecular weight excluding hydrogens is 492 g/mol. The van der Waals surface area contributed by atoms with Gasteiger partial charge in [-0.05, 0) is 92.7 Å². The second-order valence-corrected chi connectivity index (χ2v) is 11.9. The second kappa shape index (κ2) is 11.5. The molecule has 0 radical (unpaired) electrons. The molecule has 5 heteroatoms. The molecule has 0 bridgehead atoms. The molecule has 1 aromatic carbocycles. The van der Waals surface area contributed by atoms with E-state index >= 15 is 0 Å². The highest BCUT2D eigenvalue weighted by Gasteiger charge is 2.40. The number of hydrogen-bond acceptors (Lipinski definition) is 5. The summed E-state index contributed by atoms with van der Waals surface area (Å²) in [4.78, 5) is 2.35. The van der Waals surface area contributed by atoms with Gasteiger partial charge in [-0.15, -0.1) is 0 Å². The minimum absolute atomic E-state index is 0.0851. The van der Waals surface area contributed by atoms with Crippen molar-refractivity contribution in [2.75, 3.05) is 18.0 Å². The Kier molecular flexibility index (Phi) is 8.23. The van der Waals surface area contributed by atoms with Crippen LogP contribution in [0.3, 0.4) is 0 Å². The average Bonchev–Trinajstić information content (AvgIpc) is 3.18. The monoisotopic (exact) mass is 530 g/mol. The third kappa shape index (κ3) is 5.68. The van der Waals surface area contributed by atoms with Crippen molar-refractivity contribution in [2.24, 2.45) is 11.3 Å². The van der Waals surface area contributed by atoms with E-state index in [1.807, 2.05) is 32.1 Å². The molecule has 0 saturated heterocycles. The van der Waals surface area contributed by atoms with E-state index in [0.29, 0.717) is 11.5 Å². The van der Waals surface area contributed by atoms with Crippen LogP contribution in [-0.2, 0) is 4.74 Å². The Morgan fingerprint density at radius 1 is 1.00 bits per heavy atom. The molecule has 5 nitrogen and oxygen atoms in total. The van der Waals surface area contributed by atoms with Gasteiger partial charge in [-0.25, -0.2) is 0 Å². The van der Waals surface area contributed by atoms with Crippen LogP contribution in [-0.4, -0.2) is 18.7 Å². The van der Waals surface area contributed by atoms with Crippen LogP contribution in [0.25, 0.3) is 6.08 Å². The van der Waals surface area contributed by atoms with Crippen LogP contribution >= 0.6 is 0 Å². The van der Waals surface area contributed by atoms with Gasteiger partial charge in [-0.2, -0.15) is 15.8 Å². The van der Waals surface area contributed by atoms with E-state index in [0.717, 1.165) is 37.9 Å². The van der Waals surface area contributed by atoms with E-state index < -0.39 is 5.60 Å². The quantitative estimate of drug-likeness (QED) is 0.347. The van der Waals surface area contributed by atoms with E-state index in [2.05, 4.69) is 87.2 Å². The van der Waals surface area contributed by atoms with Crippen LogP contribution in [0.2, 0.25) is 0 Å².